The topological polar surface area (TPSA) is 105 Å². The lowest BCUT2D eigenvalue weighted by molar-refractivity contribution is 0.177. The number of nitrogens with one attached hydrogen (secondary N) is 2. The van der Waals surface area contributed by atoms with E-state index in [0.29, 0.717) is 12.0 Å². The highest BCUT2D eigenvalue weighted by atomic mass is 32.2. The van der Waals surface area contributed by atoms with E-state index in [1.165, 1.54) is 12.1 Å². The van der Waals surface area contributed by atoms with E-state index in [0.717, 1.165) is 7.11 Å². The molecule has 7 nitrogen and oxygen atoms in total. The van der Waals surface area contributed by atoms with Crippen LogP contribution in [0.25, 0.3) is 0 Å². The van der Waals surface area contributed by atoms with Crippen molar-refractivity contribution >= 4 is 22.0 Å². The van der Waals surface area contributed by atoms with Crippen LogP contribution in [-0.2, 0) is 14.9 Å². The molecule has 8 heteroatoms. The molecule has 0 aliphatic carbocycles. The number of carbonyl (C=O) groups excluding carboxylic acids is 1. The van der Waals surface area contributed by atoms with Crippen molar-refractivity contribution in [3.8, 4) is 11.8 Å². The van der Waals surface area contributed by atoms with Crippen LogP contribution in [0, 0.1) is 11.8 Å². The van der Waals surface area contributed by atoms with Gasteiger partial charge in [0.2, 0.25) is 0 Å². The van der Waals surface area contributed by atoms with Gasteiger partial charge in [0.15, 0.2) is 0 Å². The Balaban J connectivity index is 2.71. The number of ether oxygens (including phenoxy) is 1. The van der Waals surface area contributed by atoms with E-state index in [1.54, 1.807) is 16.9 Å². The van der Waals surface area contributed by atoms with Crippen molar-refractivity contribution in [2.24, 2.45) is 0 Å². The van der Waals surface area contributed by atoms with Gasteiger partial charge in [-0.2, -0.15) is 8.42 Å². The standard InChI is InChI=1S/C12H14N2O5S/c1-19-12(16)14-20(17,18)13-11-7-5-10(6-8-11)4-2-3-9-15/h5-8,13,15H,3,9H2,1H3,(H,14,16). The van der Waals surface area contributed by atoms with Crippen LogP contribution in [0.15, 0.2) is 24.3 Å². The predicted molar refractivity (Wildman–Crippen MR) is 73.1 cm³/mol. The number of carbonyl (C=O) groups is 1. The zero-order chi connectivity index (χ0) is 15.0. The second-order valence-electron chi connectivity index (χ2n) is 3.55. The quantitative estimate of drug-likeness (QED) is 0.699. The van der Waals surface area contributed by atoms with Crippen LogP contribution in [0.5, 0.6) is 0 Å². The van der Waals surface area contributed by atoms with Gasteiger partial charge in [-0.15, -0.1) is 0 Å². The number of methoxy groups -OCH3 is 1. The fourth-order valence-electron chi connectivity index (χ4n) is 1.17. The summed E-state index contributed by atoms with van der Waals surface area (Å²) >= 11 is 0. The summed E-state index contributed by atoms with van der Waals surface area (Å²) in [7, 11) is -2.96. The summed E-state index contributed by atoms with van der Waals surface area (Å²) in [6, 6.07) is 6.22. The number of amides is 1. The molecule has 0 radical (unpaired) electrons. The molecule has 1 aromatic carbocycles. The number of hydrogen-bond donors (Lipinski definition) is 3. The fraction of sp³-hybridized carbons (Fsp3) is 0.250. The number of rotatable bonds is 4. The summed E-state index contributed by atoms with van der Waals surface area (Å²) in [6.45, 7) is -0.00984. The summed E-state index contributed by atoms with van der Waals surface area (Å²) in [6.07, 6.45) is -0.707. The molecule has 3 N–H and O–H groups in total. The first kappa shape index (κ1) is 15.8. The predicted octanol–water partition coefficient (Wildman–Crippen LogP) is 0.433. The maximum absolute atomic E-state index is 11.5. The zero-order valence-electron chi connectivity index (χ0n) is 10.7. The van der Waals surface area contributed by atoms with Crippen molar-refractivity contribution in [2.75, 3.05) is 18.4 Å². The van der Waals surface area contributed by atoms with Gasteiger partial charge in [0.05, 0.1) is 19.4 Å². The Morgan fingerprint density at radius 2 is 2.00 bits per heavy atom. The molecule has 0 bridgehead atoms. The average Bonchev–Trinajstić information content (AvgIpc) is 2.40. The first-order valence-electron chi connectivity index (χ1n) is 5.55. The van der Waals surface area contributed by atoms with E-state index < -0.39 is 16.3 Å². The van der Waals surface area contributed by atoms with E-state index in [-0.39, 0.29) is 12.3 Å². The van der Waals surface area contributed by atoms with Crippen LogP contribution < -0.4 is 9.44 Å². The fourth-order valence-corrected chi connectivity index (χ4v) is 1.97. The van der Waals surface area contributed by atoms with Crippen LogP contribution in [0.3, 0.4) is 0 Å². The summed E-state index contributed by atoms with van der Waals surface area (Å²) in [5.74, 6) is 5.54. The molecular weight excluding hydrogens is 284 g/mol. The lowest BCUT2D eigenvalue weighted by atomic mass is 10.2. The van der Waals surface area contributed by atoms with E-state index in [9.17, 15) is 13.2 Å². The molecule has 0 saturated carbocycles. The highest BCUT2D eigenvalue weighted by Gasteiger charge is 2.13. The molecule has 0 fully saturated rings. The lowest BCUT2D eigenvalue weighted by Gasteiger charge is -2.08. The first-order valence-corrected chi connectivity index (χ1v) is 7.03. The SMILES string of the molecule is COC(=O)NS(=O)(=O)Nc1ccc(C#CCCO)cc1. The molecule has 0 saturated heterocycles. The molecule has 0 unspecified atom stereocenters. The molecule has 0 heterocycles. The lowest BCUT2D eigenvalue weighted by Crippen LogP contribution is -2.35. The Hall–Kier alpha value is -2.24. The van der Waals surface area contributed by atoms with Gasteiger partial charge >= 0.3 is 16.3 Å². The molecule has 20 heavy (non-hydrogen) atoms. The Kier molecular flexibility index (Phi) is 5.83. The van der Waals surface area contributed by atoms with Gasteiger partial charge < -0.3 is 9.84 Å². The van der Waals surface area contributed by atoms with Crippen LogP contribution in [-0.4, -0.2) is 33.3 Å². The van der Waals surface area contributed by atoms with Crippen molar-refractivity contribution in [1.82, 2.24) is 4.72 Å². The number of aliphatic hydroxyl groups is 1. The molecule has 1 aromatic rings. The molecule has 1 rings (SSSR count). The van der Waals surface area contributed by atoms with Gasteiger partial charge in [0, 0.05) is 12.0 Å². The maximum Gasteiger partial charge on any atom is 0.422 e. The van der Waals surface area contributed by atoms with E-state index >= 15 is 0 Å². The third kappa shape index (κ3) is 5.60. The van der Waals surface area contributed by atoms with Gasteiger partial charge in [-0.25, -0.2) is 9.52 Å². The summed E-state index contributed by atoms with van der Waals surface area (Å²) in [4.78, 5) is 10.8. The Morgan fingerprint density at radius 1 is 1.35 bits per heavy atom. The third-order valence-electron chi connectivity index (χ3n) is 2.01. The smallest absolute Gasteiger partial charge is 0.422 e. The Labute approximate surface area is 117 Å². The maximum atomic E-state index is 11.5. The van der Waals surface area contributed by atoms with Gasteiger partial charge in [-0.05, 0) is 24.3 Å². The molecule has 0 atom stereocenters. The number of benzene rings is 1. The second-order valence-corrected chi connectivity index (χ2v) is 4.97. The molecule has 108 valence electrons. The first-order chi connectivity index (χ1) is 9.46. The minimum Gasteiger partial charge on any atom is -0.452 e. The van der Waals surface area contributed by atoms with Crippen LogP contribution in [0.1, 0.15) is 12.0 Å². The molecule has 0 spiro atoms. The van der Waals surface area contributed by atoms with E-state index in [2.05, 4.69) is 21.3 Å². The zero-order valence-corrected chi connectivity index (χ0v) is 11.5. The monoisotopic (exact) mass is 298 g/mol. The molecule has 1 amide bonds. The van der Waals surface area contributed by atoms with Crippen molar-refractivity contribution in [2.45, 2.75) is 6.42 Å². The summed E-state index contributed by atoms with van der Waals surface area (Å²) in [5, 5.41) is 8.58. The van der Waals surface area contributed by atoms with Crippen molar-refractivity contribution in [1.29, 1.82) is 0 Å². The molecule has 0 aliphatic heterocycles. The van der Waals surface area contributed by atoms with Crippen LogP contribution in [0.4, 0.5) is 10.5 Å². The molecule has 0 aliphatic rings. The third-order valence-corrected chi connectivity index (χ3v) is 2.95. The van der Waals surface area contributed by atoms with Crippen LogP contribution >= 0.6 is 0 Å². The van der Waals surface area contributed by atoms with Gasteiger partial charge in [-0.1, -0.05) is 11.8 Å². The molecule has 0 aromatic heterocycles. The highest BCUT2D eigenvalue weighted by Crippen LogP contribution is 2.10. The van der Waals surface area contributed by atoms with Crippen molar-refractivity contribution in [3.63, 3.8) is 0 Å². The van der Waals surface area contributed by atoms with E-state index in [4.69, 9.17) is 5.11 Å². The minimum atomic E-state index is -4.02. The second kappa shape index (κ2) is 7.37. The number of aliphatic hydroxyl groups excluding tert-OH is 1. The number of hydrogen-bond acceptors (Lipinski definition) is 5. The Morgan fingerprint density at radius 3 is 2.55 bits per heavy atom. The van der Waals surface area contributed by atoms with Crippen LogP contribution in [0.2, 0.25) is 0 Å². The average molecular weight is 298 g/mol. The van der Waals surface area contributed by atoms with Gasteiger partial charge in [0.1, 0.15) is 0 Å². The van der Waals surface area contributed by atoms with Gasteiger partial charge in [0.25, 0.3) is 0 Å². The normalized spacial score (nSPS) is 10.1. The summed E-state index contributed by atoms with van der Waals surface area (Å²) in [5.41, 5.74) is 0.955. The Bertz CT molecular complexity index is 613. The minimum absolute atomic E-state index is 0.00984. The van der Waals surface area contributed by atoms with E-state index in [1.807, 2.05) is 0 Å². The van der Waals surface area contributed by atoms with Crippen molar-refractivity contribution in [3.05, 3.63) is 29.8 Å². The largest absolute Gasteiger partial charge is 0.452 e. The van der Waals surface area contributed by atoms with Gasteiger partial charge in [-0.3, -0.25) is 4.72 Å². The number of anilines is 1. The van der Waals surface area contributed by atoms with Crippen molar-refractivity contribution < 1.29 is 23.1 Å². The summed E-state index contributed by atoms with van der Waals surface area (Å²) < 4.78 is 31.0. The molecular formula is C12H14N2O5S. The highest BCUT2D eigenvalue weighted by molar-refractivity contribution is 7.91.